The summed E-state index contributed by atoms with van der Waals surface area (Å²) in [5.74, 6) is -0.921. The van der Waals surface area contributed by atoms with Gasteiger partial charge in [0.1, 0.15) is 13.2 Å². The molecule has 54 heavy (non-hydrogen) atoms. The van der Waals surface area contributed by atoms with E-state index in [1.807, 2.05) is 0 Å². The SMILES string of the molecule is CC/C=C\C/C=C\C/C=C\CCCCCCC(=O)OCC(COC(=O)CCCCCC/C=C\CCCC)OC(=O)CCCCCCCCCCCCCC. The monoisotopic (exact) mass is 757 g/mol. The van der Waals surface area contributed by atoms with Crippen molar-refractivity contribution in [3.05, 3.63) is 48.6 Å². The first-order valence-corrected chi connectivity index (χ1v) is 22.6. The number of hydrogen-bond donors (Lipinski definition) is 0. The summed E-state index contributed by atoms with van der Waals surface area (Å²) >= 11 is 0. The highest BCUT2D eigenvalue weighted by Crippen LogP contribution is 2.14. The number of esters is 3. The molecule has 0 saturated carbocycles. The first kappa shape index (κ1) is 51.4. The third kappa shape index (κ3) is 40.6. The minimum absolute atomic E-state index is 0.0853. The van der Waals surface area contributed by atoms with Crippen molar-refractivity contribution in [1.29, 1.82) is 0 Å². The van der Waals surface area contributed by atoms with Crippen molar-refractivity contribution in [1.82, 2.24) is 0 Å². The van der Waals surface area contributed by atoms with E-state index in [0.717, 1.165) is 109 Å². The van der Waals surface area contributed by atoms with Crippen LogP contribution in [0.5, 0.6) is 0 Å². The van der Waals surface area contributed by atoms with E-state index in [0.29, 0.717) is 19.3 Å². The first-order valence-electron chi connectivity index (χ1n) is 22.6. The fourth-order valence-corrected chi connectivity index (χ4v) is 6.14. The summed E-state index contributed by atoms with van der Waals surface area (Å²) in [4.78, 5) is 37.7. The Labute approximate surface area is 333 Å². The van der Waals surface area contributed by atoms with Crippen molar-refractivity contribution in [2.45, 2.75) is 226 Å². The van der Waals surface area contributed by atoms with Crippen LogP contribution in [0.4, 0.5) is 0 Å². The lowest BCUT2D eigenvalue weighted by molar-refractivity contribution is -0.167. The predicted octanol–water partition coefficient (Wildman–Crippen LogP) is 14.4. The molecule has 0 aromatic carbocycles. The lowest BCUT2D eigenvalue weighted by Crippen LogP contribution is -2.30. The Kier molecular flexibility index (Phi) is 41.0. The second-order valence-corrected chi connectivity index (χ2v) is 14.9. The van der Waals surface area contributed by atoms with Crippen LogP contribution < -0.4 is 0 Å². The van der Waals surface area contributed by atoms with Crippen LogP contribution in [0, 0.1) is 0 Å². The number of carbonyl (C=O) groups is 3. The van der Waals surface area contributed by atoms with Gasteiger partial charge < -0.3 is 14.2 Å². The smallest absolute Gasteiger partial charge is 0.306 e. The van der Waals surface area contributed by atoms with E-state index in [1.54, 1.807) is 0 Å². The number of carbonyl (C=O) groups excluding carboxylic acids is 3. The van der Waals surface area contributed by atoms with Gasteiger partial charge in [0.15, 0.2) is 6.10 Å². The molecular weight excluding hydrogens is 673 g/mol. The van der Waals surface area contributed by atoms with Gasteiger partial charge in [0.05, 0.1) is 0 Å². The molecule has 0 amide bonds. The average molecular weight is 757 g/mol. The number of ether oxygens (including phenoxy) is 3. The van der Waals surface area contributed by atoms with Crippen LogP contribution in [0.2, 0.25) is 0 Å². The first-order chi connectivity index (χ1) is 26.5. The van der Waals surface area contributed by atoms with Gasteiger partial charge in [-0.2, -0.15) is 0 Å². The predicted molar refractivity (Wildman–Crippen MR) is 229 cm³/mol. The van der Waals surface area contributed by atoms with Crippen LogP contribution in [-0.4, -0.2) is 37.2 Å². The van der Waals surface area contributed by atoms with Crippen molar-refractivity contribution < 1.29 is 28.6 Å². The Morgan fingerprint density at radius 1 is 0.389 bits per heavy atom. The van der Waals surface area contributed by atoms with E-state index in [2.05, 4.69) is 69.4 Å². The molecule has 0 aromatic rings. The zero-order chi connectivity index (χ0) is 39.4. The summed E-state index contributed by atoms with van der Waals surface area (Å²) in [6.45, 7) is 6.44. The molecule has 312 valence electrons. The highest BCUT2D eigenvalue weighted by atomic mass is 16.6. The molecule has 0 bridgehead atoms. The summed E-state index contributed by atoms with van der Waals surface area (Å²) in [6.07, 6.45) is 49.5. The van der Waals surface area contributed by atoms with Crippen molar-refractivity contribution in [2.24, 2.45) is 0 Å². The topological polar surface area (TPSA) is 78.9 Å². The zero-order valence-corrected chi connectivity index (χ0v) is 35.5. The van der Waals surface area contributed by atoms with Crippen LogP contribution in [0.15, 0.2) is 48.6 Å². The van der Waals surface area contributed by atoms with Crippen molar-refractivity contribution in [3.63, 3.8) is 0 Å². The second kappa shape index (κ2) is 43.1. The third-order valence-electron chi connectivity index (χ3n) is 9.57. The highest BCUT2D eigenvalue weighted by molar-refractivity contribution is 5.71. The fourth-order valence-electron chi connectivity index (χ4n) is 6.14. The van der Waals surface area contributed by atoms with E-state index in [9.17, 15) is 14.4 Å². The lowest BCUT2D eigenvalue weighted by atomic mass is 10.0. The van der Waals surface area contributed by atoms with E-state index in [4.69, 9.17) is 14.2 Å². The summed E-state index contributed by atoms with van der Waals surface area (Å²) < 4.78 is 16.7. The average Bonchev–Trinajstić information content (AvgIpc) is 3.17. The number of hydrogen-bond acceptors (Lipinski definition) is 6. The quantitative estimate of drug-likeness (QED) is 0.0268. The Morgan fingerprint density at radius 3 is 1.20 bits per heavy atom. The summed E-state index contributed by atoms with van der Waals surface area (Å²) in [7, 11) is 0. The molecule has 1 atom stereocenters. The molecule has 6 heteroatoms. The maximum Gasteiger partial charge on any atom is 0.306 e. The maximum absolute atomic E-state index is 12.7. The normalized spacial score (nSPS) is 12.4. The van der Waals surface area contributed by atoms with Gasteiger partial charge in [0.25, 0.3) is 0 Å². The van der Waals surface area contributed by atoms with Gasteiger partial charge in [0, 0.05) is 19.3 Å². The van der Waals surface area contributed by atoms with Crippen LogP contribution in [0.25, 0.3) is 0 Å². The molecule has 0 aliphatic heterocycles. The summed E-state index contributed by atoms with van der Waals surface area (Å²) in [5.41, 5.74) is 0. The Bertz CT molecular complexity index is 964. The molecule has 6 nitrogen and oxygen atoms in total. The molecular formula is C48H84O6. The van der Waals surface area contributed by atoms with Crippen molar-refractivity contribution in [3.8, 4) is 0 Å². The third-order valence-corrected chi connectivity index (χ3v) is 9.57. The molecule has 0 fully saturated rings. The Hall–Kier alpha value is -2.63. The van der Waals surface area contributed by atoms with Crippen LogP contribution in [-0.2, 0) is 28.6 Å². The summed E-state index contributed by atoms with van der Waals surface area (Å²) in [6, 6.07) is 0. The largest absolute Gasteiger partial charge is 0.462 e. The molecule has 0 aromatic heterocycles. The molecule has 1 unspecified atom stereocenters. The van der Waals surface area contributed by atoms with Gasteiger partial charge in [-0.3, -0.25) is 14.4 Å². The molecule has 0 aliphatic rings. The molecule has 0 radical (unpaired) electrons. The lowest BCUT2D eigenvalue weighted by Gasteiger charge is -2.18. The second-order valence-electron chi connectivity index (χ2n) is 14.9. The standard InChI is InChI=1S/C48H84O6/c1-4-7-10-13-16-19-22-24-25-27-29-32-35-38-41-47(50)53-44-45(43-52-46(49)40-37-34-31-28-21-18-15-12-9-6-3)54-48(51)42-39-36-33-30-26-23-20-17-14-11-8-5-2/h7,10,15-16,18-19,24-25,45H,4-6,8-9,11-14,17,20-23,26-44H2,1-3H3/b10-7-,18-15-,19-16-,25-24-. The Morgan fingerprint density at radius 2 is 0.741 bits per heavy atom. The molecule has 0 rings (SSSR count). The van der Waals surface area contributed by atoms with Gasteiger partial charge in [-0.1, -0.05) is 179 Å². The van der Waals surface area contributed by atoms with Crippen LogP contribution >= 0.6 is 0 Å². The van der Waals surface area contributed by atoms with E-state index in [1.165, 1.54) is 70.6 Å². The van der Waals surface area contributed by atoms with E-state index >= 15 is 0 Å². The minimum Gasteiger partial charge on any atom is -0.462 e. The molecule has 0 saturated heterocycles. The minimum atomic E-state index is -0.781. The van der Waals surface area contributed by atoms with Gasteiger partial charge in [-0.05, 0) is 70.6 Å². The fraction of sp³-hybridized carbons (Fsp3) is 0.771. The van der Waals surface area contributed by atoms with Gasteiger partial charge in [0.2, 0.25) is 0 Å². The van der Waals surface area contributed by atoms with Gasteiger partial charge in [-0.25, -0.2) is 0 Å². The number of unbranched alkanes of at least 4 members (excludes halogenated alkanes) is 21. The van der Waals surface area contributed by atoms with Crippen molar-refractivity contribution in [2.75, 3.05) is 13.2 Å². The van der Waals surface area contributed by atoms with Crippen LogP contribution in [0.1, 0.15) is 220 Å². The van der Waals surface area contributed by atoms with E-state index < -0.39 is 6.10 Å². The zero-order valence-electron chi connectivity index (χ0n) is 35.5. The molecule has 0 heterocycles. The summed E-state index contributed by atoms with van der Waals surface area (Å²) in [5, 5.41) is 0. The van der Waals surface area contributed by atoms with E-state index in [-0.39, 0.29) is 31.1 Å². The van der Waals surface area contributed by atoms with Crippen molar-refractivity contribution >= 4 is 17.9 Å². The van der Waals surface area contributed by atoms with Gasteiger partial charge >= 0.3 is 17.9 Å². The molecule has 0 spiro atoms. The highest BCUT2D eigenvalue weighted by Gasteiger charge is 2.19. The molecule has 0 N–H and O–H groups in total. The molecule has 0 aliphatic carbocycles. The maximum atomic E-state index is 12.7. The number of allylic oxidation sites excluding steroid dienone is 8. The van der Waals surface area contributed by atoms with Gasteiger partial charge in [-0.15, -0.1) is 0 Å². The Balaban J connectivity index is 4.41. The number of rotatable bonds is 40. The van der Waals surface area contributed by atoms with Crippen LogP contribution in [0.3, 0.4) is 0 Å².